The van der Waals surface area contributed by atoms with Crippen molar-refractivity contribution in [2.24, 2.45) is 5.92 Å². The first-order valence-electron chi connectivity index (χ1n) is 7.69. The Hall–Kier alpha value is -2.04. The van der Waals surface area contributed by atoms with Crippen molar-refractivity contribution in [2.45, 2.75) is 39.0 Å². The van der Waals surface area contributed by atoms with E-state index in [2.05, 4.69) is 12.2 Å². The van der Waals surface area contributed by atoms with Gasteiger partial charge in [0.05, 0.1) is 13.0 Å². The number of rotatable bonds is 10. The summed E-state index contributed by atoms with van der Waals surface area (Å²) >= 11 is 0. The first-order chi connectivity index (χ1) is 10.6. The van der Waals surface area contributed by atoms with Gasteiger partial charge in [-0.3, -0.25) is 9.59 Å². The number of unbranched alkanes of at least 4 members (excludes halogenated alkanes) is 2. The quantitative estimate of drug-likeness (QED) is 0.652. The van der Waals surface area contributed by atoms with Gasteiger partial charge in [-0.1, -0.05) is 38.0 Å². The van der Waals surface area contributed by atoms with Gasteiger partial charge in [0.1, 0.15) is 5.75 Å². The van der Waals surface area contributed by atoms with Crippen LogP contribution in [0, 0.1) is 5.92 Å². The molecule has 0 saturated carbocycles. The van der Waals surface area contributed by atoms with Gasteiger partial charge in [0, 0.05) is 13.0 Å². The molecule has 1 amide bonds. The molecule has 5 heteroatoms. The van der Waals surface area contributed by atoms with Gasteiger partial charge in [0.25, 0.3) is 0 Å². The van der Waals surface area contributed by atoms with Crippen molar-refractivity contribution < 1.29 is 19.4 Å². The zero-order valence-electron chi connectivity index (χ0n) is 13.3. The standard InChI is InChI=1S/C17H25NO4/c1-3-4-5-10-16(19)18-12-14(17(20)21)11-13-8-6-7-9-15(13)22-2/h6-9,14H,3-5,10-12H2,1-2H3,(H,18,19)(H,20,21). The fourth-order valence-corrected chi connectivity index (χ4v) is 2.24. The summed E-state index contributed by atoms with van der Waals surface area (Å²) in [5.41, 5.74) is 0.831. The maximum atomic E-state index is 11.7. The molecule has 122 valence electrons. The third-order valence-electron chi connectivity index (χ3n) is 3.56. The number of hydrogen-bond donors (Lipinski definition) is 2. The van der Waals surface area contributed by atoms with Crippen LogP contribution in [0.3, 0.4) is 0 Å². The molecule has 0 bridgehead atoms. The smallest absolute Gasteiger partial charge is 0.308 e. The molecule has 0 aromatic heterocycles. The minimum absolute atomic E-state index is 0.0836. The largest absolute Gasteiger partial charge is 0.496 e. The second-order valence-corrected chi connectivity index (χ2v) is 5.31. The molecule has 0 saturated heterocycles. The molecule has 1 aromatic rings. The van der Waals surface area contributed by atoms with Gasteiger partial charge >= 0.3 is 5.97 Å². The third-order valence-corrected chi connectivity index (χ3v) is 3.56. The maximum absolute atomic E-state index is 11.7. The van der Waals surface area contributed by atoms with Crippen LogP contribution >= 0.6 is 0 Å². The first-order valence-corrected chi connectivity index (χ1v) is 7.69. The number of methoxy groups -OCH3 is 1. The van der Waals surface area contributed by atoms with Crippen LogP contribution in [0.5, 0.6) is 5.75 Å². The lowest BCUT2D eigenvalue weighted by Gasteiger charge is -2.15. The molecule has 22 heavy (non-hydrogen) atoms. The molecule has 0 radical (unpaired) electrons. The van der Waals surface area contributed by atoms with Gasteiger partial charge in [-0.15, -0.1) is 0 Å². The van der Waals surface area contributed by atoms with Crippen LogP contribution in [-0.4, -0.2) is 30.6 Å². The zero-order valence-corrected chi connectivity index (χ0v) is 13.3. The van der Waals surface area contributed by atoms with E-state index in [0.717, 1.165) is 24.8 Å². The maximum Gasteiger partial charge on any atom is 0.308 e. The van der Waals surface area contributed by atoms with E-state index in [1.807, 2.05) is 18.2 Å². The van der Waals surface area contributed by atoms with E-state index in [1.165, 1.54) is 0 Å². The lowest BCUT2D eigenvalue weighted by atomic mass is 9.98. The van der Waals surface area contributed by atoms with Crippen LogP contribution in [0.1, 0.15) is 38.2 Å². The molecule has 1 atom stereocenters. The summed E-state index contributed by atoms with van der Waals surface area (Å²) in [6.45, 7) is 2.21. The predicted octanol–water partition coefficient (Wildman–Crippen LogP) is 2.64. The molecular formula is C17H25NO4. The number of benzene rings is 1. The van der Waals surface area contributed by atoms with Crippen molar-refractivity contribution in [2.75, 3.05) is 13.7 Å². The molecule has 1 rings (SSSR count). The Morgan fingerprint density at radius 2 is 2.00 bits per heavy atom. The van der Waals surface area contributed by atoms with E-state index in [4.69, 9.17) is 4.74 Å². The molecule has 2 N–H and O–H groups in total. The second kappa shape index (κ2) is 9.82. The minimum Gasteiger partial charge on any atom is -0.496 e. The molecule has 0 spiro atoms. The van der Waals surface area contributed by atoms with Gasteiger partial charge < -0.3 is 15.2 Å². The number of hydrogen-bond acceptors (Lipinski definition) is 3. The van der Waals surface area contributed by atoms with Crippen LogP contribution in [0.2, 0.25) is 0 Å². The minimum atomic E-state index is -0.917. The molecule has 1 unspecified atom stereocenters. The number of aliphatic carboxylic acids is 1. The normalized spacial score (nSPS) is 11.7. The average molecular weight is 307 g/mol. The van der Waals surface area contributed by atoms with Gasteiger partial charge in [0.2, 0.25) is 5.91 Å². The highest BCUT2D eigenvalue weighted by molar-refractivity contribution is 5.77. The Bertz CT molecular complexity index is 487. The van der Waals surface area contributed by atoms with Crippen molar-refractivity contribution in [1.82, 2.24) is 5.32 Å². The Morgan fingerprint density at radius 1 is 1.27 bits per heavy atom. The average Bonchev–Trinajstić information content (AvgIpc) is 2.51. The van der Waals surface area contributed by atoms with E-state index >= 15 is 0 Å². The van der Waals surface area contributed by atoms with Crippen LogP contribution < -0.4 is 10.1 Å². The van der Waals surface area contributed by atoms with Gasteiger partial charge in [-0.25, -0.2) is 0 Å². The summed E-state index contributed by atoms with van der Waals surface area (Å²) in [6, 6.07) is 7.34. The van der Waals surface area contributed by atoms with Gasteiger partial charge in [0.15, 0.2) is 0 Å². The zero-order chi connectivity index (χ0) is 16.4. The number of carbonyl (C=O) groups is 2. The highest BCUT2D eigenvalue weighted by Crippen LogP contribution is 2.21. The number of amides is 1. The molecule has 5 nitrogen and oxygen atoms in total. The summed E-state index contributed by atoms with van der Waals surface area (Å²) < 4.78 is 5.24. The summed E-state index contributed by atoms with van der Waals surface area (Å²) in [5.74, 6) is -0.992. The molecule has 1 aromatic carbocycles. The van der Waals surface area contributed by atoms with Crippen LogP contribution in [0.25, 0.3) is 0 Å². The van der Waals surface area contributed by atoms with Gasteiger partial charge in [-0.05, 0) is 24.5 Å². The summed E-state index contributed by atoms with van der Waals surface area (Å²) in [4.78, 5) is 23.1. The second-order valence-electron chi connectivity index (χ2n) is 5.31. The molecule has 0 aliphatic rings. The predicted molar refractivity (Wildman–Crippen MR) is 85.0 cm³/mol. The van der Waals surface area contributed by atoms with E-state index < -0.39 is 11.9 Å². The number of carboxylic acids is 1. The van der Waals surface area contributed by atoms with Gasteiger partial charge in [-0.2, -0.15) is 0 Å². The Morgan fingerprint density at radius 3 is 2.64 bits per heavy atom. The Labute approximate surface area is 131 Å². The van der Waals surface area contributed by atoms with Crippen LogP contribution in [0.15, 0.2) is 24.3 Å². The number of ether oxygens (including phenoxy) is 1. The Balaban J connectivity index is 2.55. The fourth-order valence-electron chi connectivity index (χ4n) is 2.24. The van der Waals surface area contributed by atoms with Crippen molar-refractivity contribution >= 4 is 11.9 Å². The van der Waals surface area contributed by atoms with Crippen molar-refractivity contribution in [3.05, 3.63) is 29.8 Å². The Kier molecular flexibility index (Phi) is 8.04. The topological polar surface area (TPSA) is 75.6 Å². The molecule has 0 fully saturated rings. The fraction of sp³-hybridized carbons (Fsp3) is 0.529. The van der Waals surface area contributed by atoms with Crippen LogP contribution in [-0.2, 0) is 16.0 Å². The number of nitrogens with one attached hydrogen (secondary N) is 1. The number of carboxylic acid groups (broad SMARTS) is 1. The first kappa shape index (κ1) is 18.0. The van der Waals surface area contributed by atoms with Crippen molar-refractivity contribution in [3.63, 3.8) is 0 Å². The van der Waals surface area contributed by atoms with Crippen LogP contribution in [0.4, 0.5) is 0 Å². The summed E-state index contributed by atoms with van der Waals surface area (Å²) in [5, 5.41) is 12.1. The summed E-state index contributed by atoms with van der Waals surface area (Å²) in [6.07, 6.45) is 3.69. The number of para-hydroxylation sites is 1. The lowest BCUT2D eigenvalue weighted by Crippen LogP contribution is -2.34. The van der Waals surface area contributed by atoms with E-state index in [1.54, 1.807) is 13.2 Å². The number of carbonyl (C=O) groups excluding carboxylic acids is 1. The highest BCUT2D eigenvalue weighted by Gasteiger charge is 2.20. The molecular weight excluding hydrogens is 282 g/mol. The van der Waals surface area contributed by atoms with Crippen molar-refractivity contribution in [3.8, 4) is 5.75 Å². The SMILES string of the molecule is CCCCCC(=O)NCC(Cc1ccccc1OC)C(=O)O. The third kappa shape index (κ3) is 6.16. The van der Waals surface area contributed by atoms with E-state index in [-0.39, 0.29) is 12.5 Å². The highest BCUT2D eigenvalue weighted by atomic mass is 16.5. The van der Waals surface area contributed by atoms with Crippen molar-refractivity contribution in [1.29, 1.82) is 0 Å². The van der Waals surface area contributed by atoms with E-state index in [9.17, 15) is 14.7 Å². The monoisotopic (exact) mass is 307 g/mol. The summed E-state index contributed by atoms with van der Waals surface area (Å²) in [7, 11) is 1.56. The van der Waals surface area contributed by atoms with E-state index in [0.29, 0.717) is 18.6 Å². The molecule has 0 aliphatic carbocycles. The molecule has 0 aliphatic heterocycles. The lowest BCUT2D eigenvalue weighted by molar-refractivity contribution is -0.141. The molecule has 0 heterocycles.